The zero-order valence-electron chi connectivity index (χ0n) is 12.4. The summed E-state index contributed by atoms with van der Waals surface area (Å²) in [4.78, 5) is 26.6. The first-order chi connectivity index (χ1) is 9.93. The molecule has 1 aromatic rings. The molecule has 2 rings (SSSR count). The number of thiocarbonyl (C=S) groups is 1. The second-order valence-electron chi connectivity index (χ2n) is 5.51. The second kappa shape index (κ2) is 5.93. The zero-order valence-corrected chi connectivity index (χ0v) is 13.2. The highest BCUT2D eigenvalue weighted by atomic mass is 32.1. The first-order valence-electron chi connectivity index (χ1n) is 7.18. The molecule has 2 amide bonds. The number of anilines is 1. The van der Waals surface area contributed by atoms with Gasteiger partial charge in [-0.2, -0.15) is 0 Å². The summed E-state index contributed by atoms with van der Waals surface area (Å²) in [5.41, 5.74) is 6.58. The average molecular weight is 304 g/mol. The predicted octanol–water partition coefficient (Wildman–Crippen LogP) is 2.58. The number of carbonyl (C=O) groups is 2. The van der Waals surface area contributed by atoms with Crippen LogP contribution < -0.4 is 10.6 Å². The number of benzene rings is 1. The molecule has 2 N–H and O–H groups in total. The SMILES string of the molecule is CCC1(CC)CC(=O)N(c2ccc(CC(N)=S)cc2)C1=O. The molecular formula is C16H20N2O2S. The molecule has 0 spiro atoms. The second-order valence-corrected chi connectivity index (χ2v) is 6.03. The van der Waals surface area contributed by atoms with Crippen LogP contribution in [0.15, 0.2) is 24.3 Å². The maximum absolute atomic E-state index is 12.6. The smallest absolute Gasteiger partial charge is 0.240 e. The molecule has 0 radical (unpaired) electrons. The number of carbonyl (C=O) groups excluding carboxylic acids is 2. The minimum atomic E-state index is -0.533. The van der Waals surface area contributed by atoms with Crippen molar-refractivity contribution >= 4 is 34.7 Å². The molecule has 5 heteroatoms. The van der Waals surface area contributed by atoms with E-state index in [9.17, 15) is 9.59 Å². The summed E-state index contributed by atoms with van der Waals surface area (Å²) in [6, 6.07) is 7.27. The Bertz CT molecular complexity index is 576. The topological polar surface area (TPSA) is 63.4 Å². The highest BCUT2D eigenvalue weighted by molar-refractivity contribution is 7.80. The Balaban J connectivity index is 2.28. The van der Waals surface area contributed by atoms with E-state index in [1.165, 1.54) is 4.90 Å². The van der Waals surface area contributed by atoms with Crippen LogP contribution in [-0.4, -0.2) is 16.8 Å². The highest BCUT2D eigenvalue weighted by Gasteiger charge is 2.49. The van der Waals surface area contributed by atoms with Crippen molar-refractivity contribution in [1.82, 2.24) is 0 Å². The van der Waals surface area contributed by atoms with Crippen molar-refractivity contribution in [2.75, 3.05) is 4.90 Å². The number of rotatable bonds is 5. The van der Waals surface area contributed by atoms with E-state index in [4.69, 9.17) is 18.0 Å². The van der Waals surface area contributed by atoms with Gasteiger partial charge in [0.15, 0.2) is 0 Å². The fourth-order valence-corrected chi connectivity index (χ4v) is 2.99. The third kappa shape index (κ3) is 2.83. The van der Waals surface area contributed by atoms with Gasteiger partial charge < -0.3 is 5.73 Å². The van der Waals surface area contributed by atoms with Gasteiger partial charge in [0, 0.05) is 12.8 Å². The lowest BCUT2D eigenvalue weighted by atomic mass is 9.81. The summed E-state index contributed by atoms with van der Waals surface area (Å²) in [7, 11) is 0. The van der Waals surface area contributed by atoms with Crippen molar-refractivity contribution in [3.8, 4) is 0 Å². The quantitative estimate of drug-likeness (QED) is 0.671. The van der Waals surface area contributed by atoms with Gasteiger partial charge >= 0.3 is 0 Å². The van der Waals surface area contributed by atoms with Crippen LogP contribution in [0.3, 0.4) is 0 Å². The Morgan fingerprint density at radius 2 is 1.81 bits per heavy atom. The Labute approximate surface area is 130 Å². The first kappa shape index (κ1) is 15.6. The molecule has 1 fully saturated rings. The van der Waals surface area contributed by atoms with Gasteiger partial charge in [0.25, 0.3) is 0 Å². The molecule has 1 saturated heterocycles. The largest absolute Gasteiger partial charge is 0.393 e. The minimum Gasteiger partial charge on any atom is -0.393 e. The molecule has 0 atom stereocenters. The molecule has 0 bridgehead atoms. The van der Waals surface area contributed by atoms with Crippen molar-refractivity contribution < 1.29 is 9.59 Å². The van der Waals surface area contributed by atoms with Gasteiger partial charge in [0.1, 0.15) is 0 Å². The highest BCUT2D eigenvalue weighted by Crippen LogP contribution is 2.41. The third-order valence-corrected chi connectivity index (χ3v) is 4.47. The molecule has 0 aromatic heterocycles. The van der Waals surface area contributed by atoms with E-state index in [-0.39, 0.29) is 11.8 Å². The molecule has 1 aliphatic heterocycles. The Hall–Kier alpha value is -1.75. The number of nitrogens with zero attached hydrogens (tertiary/aromatic N) is 1. The molecule has 4 nitrogen and oxygen atoms in total. The van der Waals surface area contributed by atoms with E-state index in [0.717, 1.165) is 5.56 Å². The number of amides is 2. The van der Waals surface area contributed by atoms with Crippen molar-refractivity contribution in [2.45, 2.75) is 39.5 Å². The van der Waals surface area contributed by atoms with Gasteiger partial charge in [0.05, 0.1) is 16.1 Å². The minimum absolute atomic E-state index is 0.0837. The lowest BCUT2D eigenvalue weighted by Crippen LogP contribution is -2.35. The van der Waals surface area contributed by atoms with E-state index in [1.807, 2.05) is 26.0 Å². The van der Waals surface area contributed by atoms with Crippen LogP contribution in [0.5, 0.6) is 0 Å². The molecule has 1 heterocycles. The van der Waals surface area contributed by atoms with E-state index in [1.54, 1.807) is 12.1 Å². The van der Waals surface area contributed by atoms with Gasteiger partial charge in [-0.25, -0.2) is 0 Å². The van der Waals surface area contributed by atoms with Crippen LogP contribution in [0.2, 0.25) is 0 Å². The normalized spacial score (nSPS) is 17.3. The van der Waals surface area contributed by atoms with Crippen LogP contribution in [0.25, 0.3) is 0 Å². The van der Waals surface area contributed by atoms with Crippen LogP contribution >= 0.6 is 12.2 Å². The van der Waals surface area contributed by atoms with Crippen LogP contribution in [0, 0.1) is 5.41 Å². The van der Waals surface area contributed by atoms with Gasteiger partial charge in [-0.3, -0.25) is 14.5 Å². The first-order valence-corrected chi connectivity index (χ1v) is 7.59. The number of hydrogen-bond donors (Lipinski definition) is 1. The summed E-state index contributed by atoms with van der Waals surface area (Å²) >= 11 is 4.88. The van der Waals surface area contributed by atoms with Crippen molar-refractivity contribution in [2.24, 2.45) is 11.1 Å². The summed E-state index contributed by atoms with van der Waals surface area (Å²) in [5.74, 6) is -0.203. The summed E-state index contributed by atoms with van der Waals surface area (Å²) in [6.45, 7) is 3.92. The lowest BCUT2D eigenvalue weighted by Gasteiger charge is -2.23. The fourth-order valence-electron chi connectivity index (χ4n) is 2.82. The molecular weight excluding hydrogens is 284 g/mol. The van der Waals surface area contributed by atoms with Crippen molar-refractivity contribution in [3.05, 3.63) is 29.8 Å². The Kier molecular flexibility index (Phi) is 4.42. The maximum atomic E-state index is 12.6. The van der Waals surface area contributed by atoms with Crippen LogP contribution in [0.4, 0.5) is 5.69 Å². The van der Waals surface area contributed by atoms with Crippen LogP contribution in [-0.2, 0) is 16.0 Å². The number of imide groups is 1. The van der Waals surface area contributed by atoms with Gasteiger partial charge in [-0.15, -0.1) is 0 Å². The lowest BCUT2D eigenvalue weighted by molar-refractivity contribution is -0.126. The Morgan fingerprint density at radius 1 is 1.24 bits per heavy atom. The molecule has 112 valence electrons. The van der Waals surface area contributed by atoms with Crippen molar-refractivity contribution in [3.63, 3.8) is 0 Å². The number of nitrogens with two attached hydrogens (primary N) is 1. The third-order valence-electron chi connectivity index (χ3n) is 4.32. The molecule has 0 saturated carbocycles. The van der Waals surface area contributed by atoms with E-state index < -0.39 is 5.41 Å². The predicted molar refractivity (Wildman–Crippen MR) is 87.1 cm³/mol. The molecule has 1 aliphatic rings. The Morgan fingerprint density at radius 3 is 2.24 bits per heavy atom. The van der Waals surface area contributed by atoms with Gasteiger partial charge in [-0.1, -0.05) is 38.2 Å². The average Bonchev–Trinajstić information content (AvgIpc) is 2.71. The van der Waals surface area contributed by atoms with Gasteiger partial charge in [0.2, 0.25) is 11.8 Å². The van der Waals surface area contributed by atoms with Crippen LogP contribution in [0.1, 0.15) is 38.7 Å². The number of hydrogen-bond acceptors (Lipinski definition) is 3. The van der Waals surface area contributed by atoms with Gasteiger partial charge in [-0.05, 0) is 30.5 Å². The summed E-state index contributed by atoms with van der Waals surface area (Å²) in [6.07, 6.45) is 2.19. The molecule has 0 aliphatic carbocycles. The standard InChI is InChI=1S/C16H20N2O2S/c1-3-16(4-2)10-14(19)18(15(16)20)12-7-5-11(6-8-12)9-13(17)21/h5-8H,3-4,9-10H2,1-2H3,(H2,17,21). The van der Waals surface area contributed by atoms with E-state index >= 15 is 0 Å². The molecule has 0 unspecified atom stereocenters. The zero-order chi connectivity index (χ0) is 15.6. The maximum Gasteiger partial charge on any atom is 0.240 e. The van der Waals surface area contributed by atoms with E-state index in [0.29, 0.717) is 36.4 Å². The summed E-state index contributed by atoms with van der Waals surface area (Å²) < 4.78 is 0. The van der Waals surface area contributed by atoms with E-state index in [2.05, 4.69) is 0 Å². The molecule has 1 aromatic carbocycles. The van der Waals surface area contributed by atoms with Crippen molar-refractivity contribution in [1.29, 1.82) is 0 Å². The monoisotopic (exact) mass is 304 g/mol. The molecule has 21 heavy (non-hydrogen) atoms. The summed E-state index contributed by atoms with van der Waals surface area (Å²) in [5, 5.41) is 0. The fraction of sp³-hybridized carbons (Fsp3) is 0.438.